The van der Waals surface area contributed by atoms with Gasteiger partial charge < -0.3 is 28.8 Å². The molecule has 192 valence electrons. The van der Waals surface area contributed by atoms with E-state index >= 15 is 0 Å². The van der Waals surface area contributed by atoms with Crippen molar-refractivity contribution in [3.05, 3.63) is 29.3 Å². The summed E-state index contributed by atoms with van der Waals surface area (Å²) in [7, 11) is 0. The van der Waals surface area contributed by atoms with Crippen molar-refractivity contribution in [3.8, 4) is 5.75 Å². The summed E-state index contributed by atoms with van der Waals surface area (Å²) in [4.78, 5) is 50.3. The number of ether oxygens (including phenoxy) is 5. The number of carbonyl (C=O) groups is 4. The lowest BCUT2D eigenvalue weighted by molar-refractivity contribution is -0.136. The minimum atomic E-state index is -1.03. The Balaban J connectivity index is 1.35. The molecule has 1 saturated heterocycles. The van der Waals surface area contributed by atoms with Crippen LogP contribution < -0.4 is 10.1 Å². The number of aliphatic hydroxyl groups excluding tert-OH is 1. The number of aliphatic hydroxyl groups is 1. The molecule has 0 radical (unpaired) electrons. The van der Waals surface area contributed by atoms with Gasteiger partial charge in [0.1, 0.15) is 18.4 Å². The topological polar surface area (TPSA) is 150 Å². The van der Waals surface area contributed by atoms with E-state index in [9.17, 15) is 19.2 Å². The second kappa shape index (κ2) is 13.9. The fourth-order valence-electron chi connectivity index (χ4n) is 3.64. The molecule has 2 aliphatic heterocycles. The highest BCUT2D eigenvalue weighted by Gasteiger charge is 2.45. The lowest BCUT2D eigenvalue weighted by atomic mass is 10.0. The predicted molar refractivity (Wildman–Crippen MR) is 119 cm³/mol. The molecule has 3 rings (SSSR count). The molecular weight excluding hydrogens is 464 g/mol. The smallest absolute Gasteiger partial charge is 0.266 e. The van der Waals surface area contributed by atoms with E-state index in [1.165, 1.54) is 6.07 Å². The van der Waals surface area contributed by atoms with Gasteiger partial charge in [0.2, 0.25) is 11.8 Å². The van der Waals surface area contributed by atoms with Gasteiger partial charge in [-0.25, -0.2) is 0 Å². The Morgan fingerprint density at radius 2 is 1.43 bits per heavy atom. The molecule has 1 aromatic rings. The van der Waals surface area contributed by atoms with Crippen molar-refractivity contribution in [1.29, 1.82) is 0 Å². The van der Waals surface area contributed by atoms with Crippen molar-refractivity contribution >= 4 is 23.6 Å². The van der Waals surface area contributed by atoms with Crippen LogP contribution in [0.5, 0.6) is 5.75 Å². The largest absolute Gasteiger partial charge is 0.490 e. The molecule has 2 N–H and O–H groups in total. The number of carbonyl (C=O) groups excluding carboxylic acids is 4. The van der Waals surface area contributed by atoms with Crippen LogP contribution in [-0.4, -0.2) is 106 Å². The lowest BCUT2D eigenvalue weighted by Gasteiger charge is -2.27. The number of nitrogens with one attached hydrogen (secondary N) is 1. The van der Waals surface area contributed by atoms with Crippen LogP contribution in [0.4, 0.5) is 0 Å². The molecule has 2 heterocycles. The molecular formula is C23H30N2O10. The third-order valence-electron chi connectivity index (χ3n) is 5.27. The van der Waals surface area contributed by atoms with Crippen LogP contribution in [0, 0.1) is 0 Å². The molecule has 0 saturated carbocycles. The second-order valence-electron chi connectivity index (χ2n) is 7.65. The Bertz CT molecular complexity index is 906. The van der Waals surface area contributed by atoms with Gasteiger partial charge in [0.05, 0.1) is 70.6 Å². The van der Waals surface area contributed by atoms with E-state index in [2.05, 4.69) is 5.32 Å². The van der Waals surface area contributed by atoms with Crippen molar-refractivity contribution in [2.45, 2.75) is 18.9 Å². The quantitative estimate of drug-likeness (QED) is 0.228. The molecule has 1 aromatic carbocycles. The van der Waals surface area contributed by atoms with Crippen LogP contribution in [-0.2, 0) is 28.5 Å². The molecule has 12 heteroatoms. The van der Waals surface area contributed by atoms with E-state index in [-0.39, 0.29) is 49.5 Å². The number of nitrogens with zero attached hydrogens (tertiary/aromatic N) is 1. The first-order valence-electron chi connectivity index (χ1n) is 11.4. The van der Waals surface area contributed by atoms with E-state index in [0.717, 1.165) is 4.90 Å². The average Bonchev–Trinajstić information content (AvgIpc) is 3.10. The zero-order valence-corrected chi connectivity index (χ0v) is 19.4. The van der Waals surface area contributed by atoms with E-state index in [1.54, 1.807) is 12.1 Å². The number of imide groups is 2. The maximum atomic E-state index is 13.0. The minimum Gasteiger partial charge on any atom is -0.490 e. The number of hydrogen-bond donors (Lipinski definition) is 2. The van der Waals surface area contributed by atoms with Gasteiger partial charge in [-0.1, -0.05) is 6.07 Å². The summed E-state index contributed by atoms with van der Waals surface area (Å²) in [5.74, 6) is -2.05. The molecule has 0 spiro atoms. The summed E-state index contributed by atoms with van der Waals surface area (Å²) in [5, 5.41) is 10.7. The molecule has 0 aromatic heterocycles. The highest BCUT2D eigenvalue weighted by molar-refractivity contribution is 6.24. The third-order valence-corrected chi connectivity index (χ3v) is 5.27. The van der Waals surface area contributed by atoms with Gasteiger partial charge in [-0.15, -0.1) is 0 Å². The van der Waals surface area contributed by atoms with Crippen LogP contribution in [0.1, 0.15) is 33.6 Å². The fraction of sp³-hybridized carbons (Fsp3) is 0.565. The number of rotatable bonds is 16. The normalized spacial score (nSPS) is 17.6. The van der Waals surface area contributed by atoms with Gasteiger partial charge in [0.25, 0.3) is 11.8 Å². The zero-order valence-electron chi connectivity index (χ0n) is 19.4. The SMILES string of the molecule is O=C1CCC(N2C(=O)c3cccc(OCCOCCOCCOCCOCCO)c3C2=O)C(=O)N1. The first kappa shape index (κ1) is 26.7. The minimum absolute atomic E-state index is 0.0112. The van der Waals surface area contributed by atoms with Gasteiger partial charge in [0.15, 0.2) is 0 Å². The molecule has 2 aliphatic rings. The summed E-state index contributed by atoms with van der Waals surface area (Å²) in [6.45, 7) is 3.07. The molecule has 1 fully saturated rings. The Kier molecular flexibility index (Phi) is 10.6. The second-order valence-corrected chi connectivity index (χ2v) is 7.65. The Labute approximate surface area is 202 Å². The highest BCUT2D eigenvalue weighted by Crippen LogP contribution is 2.33. The zero-order chi connectivity index (χ0) is 25.0. The highest BCUT2D eigenvalue weighted by atomic mass is 16.6. The van der Waals surface area contributed by atoms with Crippen molar-refractivity contribution in [2.24, 2.45) is 0 Å². The molecule has 4 amide bonds. The monoisotopic (exact) mass is 494 g/mol. The van der Waals surface area contributed by atoms with Gasteiger partial charge in [-0.2, -0.15) is 0 Å². The Morgan fingerprint density at radius 3 is 2.03 bits per heavy atom. The third kappa shape index (κ3) is 7.29. The maximum Gasteiger partial charge on any atom is 0.266 e. The predicted octanol–water partition coefficient (Wildman–Crippen LogP) is -0.475. The van der Waals surface area contributed by atoms with Crippen molar-refractivity contribution < 1.29 is 48.0 Å². The molecule has 0 bridgehead atoms. The summed E-state index contributed by atoms with van der Waals surface area (Å²) < 4.78 is 26.9. The van der Waals surface area contributed by atoms with Crippen molar-refractivity contribution in [2.75, 3.05) is 66.1 Å². The van der Waals surface area contributed by atoms with Crippen LogP contribution in [0.15, 0.2) is 18.2 Å². The number of benzene rings is 1. The summed E-state index contributed by atoms with van der Waals surface area (Å²) in [6, 6.07) is 3.66. The van der Waals surface area contributed by atoms with Crippen LogP contribution in [0.2, 0.25) is 0 Å². The number of piperidine rings is 1. The van der Waals surface area contributed by atoms with E-state index in [0.29, 0.717) is 46.2 Å². The van der Waals surface area contributed by atoms with E-state index < -0.39 is 29.7 Å². The molecule has 1 atom stereocenters. The molecule has 1 unspecified atom stereocenters. The fourth-order valence-corrected chi connectivity index (χ4v) is 3.64. The van der Waals surface area contributed by atoms with E-state index in [4.69, 9.17) is 28.8 Å². The number of amides is 4. The van der Waals surface area contributed by atoms with Gasteiger partial charge in [-0.3, -0.25) is 29.4 Å². The van der Waals surface area contributed by atoms with Gasteiger partial charge >= 0.3 is 0 Å². The standard InChI is InChI=1S/C23H30N2O10/c26-6-7-31-8-9-32-10-11-33-12-13-34-14-15-35-18-3-1-2-16-20(18)23(30)25(22(16)29)17-4-5-19(27)24-21(17)28/h1-3,17,26H,4-15H2,(H,24,27,28). The van der Waals surface area contributed by atoms with Crippen molar-refractivity contribution in [3.63, 3.8) is 0 Å². The van der Waals surface area contributed by atoms with Gasteiger partial charge in [-0.05, 0) is 18.6 Å². The maximum absolute atomic E-state index is 13.0. The summed E-state index contributed by atoms with van der Waals surface area (Å²) >= 11 is 0. The van der Waals surface area contributed by atoms with Crippen LogP contribution >= 0.6 is 0 Å². The molecule has 35 heavy (non-hydrogen) atoms. The summed E-state index contributed by atoms with van der Waals surface area (Å²) in [5.41, 5.74) is 0.265. The van der Waals surface area contributed by atoms with E-state index in [1.807, 2.05) is 0 Å². The lowest BCUT2D eigenvalue weighted by Crippen LogP contribution is -2.54. The van der Waals surface area contributed by atoms with Crippen LogP contribution in [0.25, 0.3) is 0 Å². The molecule has 12 nitrogen and oxygen atoms in total. The first-order chi connectivity index (χ1) is 17.0. The number of hydrogen-bond acceptors (Lipinski definition) is 10. The number of fused-ring (bicyclic) bond motifs is 1. The molecule has 0 aliphatic carbocycles. The van der Waals surface area contributed by atoms with Gasteiger partial charge in [0, 0.05) is 6.42 Å². The first-order valence-corrected chi connectivity index (χ1v) is 11.4. The Morgan fingerprint density at radius 1 is 0.829 bits per heavy atom. The average molecular weight is 494 g/mol. The van der Waals surface area contributed by atoms with Crippen LogP contribution in [0.3, 0.4) is 0 Å². The Hall–Kier alpha value is -2.90. The summed E-state index contributed by atoms with van der Waals surface area (Å²) in [6.07, 6.45) is 0.148. The van der Waals surface area contributed by atoms with Crippen molar-refractivity contribution in [1.82, 2.24) is 10.2 Å².